The number of guanidine groups is 1. The Morgan fingerprint density at radius 1 is 1.40 bits per heavy atom. The van der Waals surface area contributed by atoms with Crippen LogP contribution in [0.2, 0.25) is 0 Å². The summed E-state index contributed by atoms with van der Waals surface area (Å²) in [6.45, 7) is 4.53. The molecule has 3 N–H and O–H groups in total. The van der Waals surface area contributed by atoms with E-state index in [0.717, 1.165) is 22.1 Å². The standard InChI is InChI=1S/C14H18N4OS/c1-9-10(2)20-13(17-9)8-16-14(15)18-11-6-4-5-7-12(11)19-3/h4-7H,8H2,1-3H3,(H3,15,16,18). The van der Waals surface area contributed by atoms with Crippen molar-refractivity contribution in [1.29, 1.82) is 0 Å². The number of anilines is 1. The highest BCUT2D eigenvalue weighted by atomic mass is 32.1. The molecule has 0 saturated heterocycles. The second-order valence-corrected chi connectivity index (χ2v) is 5.56. The molecule has 2 rings (SSSR count). The van der Waals surface area contributed by atoms with Crippen molar-refractivity contribution in [2.24, 2.45) is 10.7 Å². The quantitative estimate of drug-likeness (QED) is 0.671. The summed E-state index contributed by atoms with van der Waals surface area (Å²) < 4.78 is 5.24. The van der Waals surface area contributed by atoms with Crippen molar-refractivity contribution >= 4 is 23.0 Å². The van der Waals surface area contributed by atoms with Crippen LogP contribution in [-0.4, -0.2) is 18.1 Å². The van der Waals surface area contributed by atoms with Gasteiger partial charge in [-0.3, -0.25) is 0 Å². The Morgan fingerprint density at radius 2 is 2.15 bits per heavy atom. The first-order valence-electron chi connectivity index (χ1n) is 6.23. The van der Waals surface area contributed by atoms with Gasteiger partial charge in [-0.15, -0.1) is 11.3 Å². The second-order valence-electron chi connectivity index (χ2n) is 4.28. The first-order chi connectivity index (χ1) is 9.60. The molecule has 1 aromatic carbocycles. The molecule has 0 aliphatic heterocycles. The lowest BCUT2D eigenvalue weighted by atomic mass is 10.3. The zero-order chi connectivity index (χ0) is 14.5. The minimum Gasteiger partial charge on any atom is -0.495 e. The highest BCUT2D eigenvalue weighted by molar-refractivity contribution is 7.11. The summed E-state index contributed by atoms with van der Waals surface area (Å²) in [5.74, 6) is 1.08. The Hall–Kier alpha value is -2.08. The van der Waals surface area contributed by atoms with Crippen molar-refractivity contribution in [2.45, 2.75) is 20.4 Å². The van der Waals surface area contributed by atoms with Gasteiger partial charge < -0.3 is 15.8 Å². The third-order valence-corrected chi connectivity index (χ3v) is 3.88. The van der Waals surface area contributed by atoms with Gasteiger partial charge in [0, 0.05) is 4.88 Å². The molecule has 20 heavy (non-hydrogen) atoms. The van der Waals surface area contributed by atoms with Crippen LogP contribution in [0.1, 0.15) is 15.6 Å². The number of hydrogen-bond donors (Lipinski definition) is 2. The molecule has 2 aromatic rings. The number of nitrogens with zero attached hydrogens (tertiary/aromatic N) is 2. The molecule has 0 spiro atoms. The fraction of sp³-hybridized carbons (Fsp3) is 0.286. The first kappa shape index (κ1) is 14.3. The number of rotatable bonds is 4. The largest absolute Gasteiger partial charge is 0.495 e. The third kappa shape index (κ3) is 3.48. The summed E-state index contributed by atoms with van der Waals surface area (Å²) in [6.07, 6.45) is 0. The van der Waals surface area contributed by atoms with Crippen LogP contribution in [0.4, 0.5) is 5.69 Å². The van der Waals surface area contributed by atoms with E-state index >= 15 is 0 Å². The molecule has 6 heteroatoms. The predicted molar refractivity (Wildman–Crippen MR) is 83.5 cm³/mol. The van der Waals surface area contributed by atoms with Gasteiger partial charge in [-0.05, 0) is 26.0 Å². The number of ether oxygens (including phenoxy) is 1. The predicted octanol–water partition coefficient (Wildman–Crippen LogP) is 2.70. The van der Waals surface area contributed by atoms with Gasteiger partial charge in [-0.1, -0.05) is 12.1 Å². The van der Waals surface area contributed by atoms with Crippen molar-refractivity contribution in [3.63, 3.8) is 0 Å². The van der Waals surface area contributed by atoms with E-state index in [0.29, 0.717) is 12.5 Å². The number of aliphatic imine (C=N–C) groups is 1. The highest BCUT2D eigenvalue weighted by Crippen LogP contribution is 2.22. The maximum atomic E-state index is 5.88. The molecule has 0 aliphatic rings. The number of thiazole rings is 1. The van der Waals surface area contributed by atoms with Crippen LogP contribution in [0.3, 0.4) is 0 Å². The molecule has 0 unspecified atom stereocenters. The van der Waals surface area contributed by atoms with E-state index in [9.17, 15) is 0 Å². The Balaban J connectivity index is 2.04. The lowest BCUT2D eigenvalue weighted by molar-refractivity contribution is 0.417. The van der Waals surface area contributed by atoms with Gasteiger partial charge in [0.25, 0.3) is 0 Å². The fourth-order valence-electron chi connectivity index (χ4n) is 1.69. The third-order valence-electron chi connectivity index (χ3n) is 2.83. The molecule has 0 amide bonds. The van der Waals surface area contributed by atoms with Gasteiger partial charge in [0.15, 0.2) is 5.96 Å². The minimum absolute atomic E-state index is 0.347. The monoisotopic (exact) mass is 290 g/mol. The molecule has 1 heterocycles. The van der Waals surface area contributed by atoms with Crippen molar-refractivity contribution < 1.29 is 4.74 Å². The fourth-order valence-corrected chi connectivity index (χ4v) is 2.54. The van der Waals surface area contributed by atoms with Gasteiger partial charge in [0.1, 0.15) is 10.8 Å². The number of methoxy groups -OCH3 is 1. The summed E-state index contributed by atoms with van der Waals surface area (Å²) in [6, 6.07) is 7.56. The smallest absolute Gasteiger partial charge is 0.193 e. The van der Waals surface area contributed by atoms with Crippen molar-refractivity contribution in [3.05, 3.63) is 39.8 Å². The molecule has 0 atom stereocenters. The van der Waals surface area contributed by atoms with E-state index in [1.54, 1.807) is 18.4 Å². The number of aromatic nitrogens is 1. The molecule has 1 aromatic heterocycles. The maximum Gasteiger partial charge on any atom is 0.193 e. The Bertz CT molecular complexity index is 602. The Kier molecular flexibility index (Phi) is 4.57. The molecule has 5 nitrogen and oxygen atoms in total. The summed E-state index contributed by atoms with van der Waals surface area (Å²) in [4.78, 5) is 9.94. The lowest BCUT2D eigenvalue weighted by Crippen LogP contribution is -2.22. The van der Waals surface area contributed by atoms with Gasteiger partial charge in [0.2, 0.25) is 0 Å². The number of aryl methyl sites for hydroxylation is 2. The van der Waals surface area contributed by atoms with Crippen LogP contribution in [-0.2, 0) is 6.54 Å². The van der Waals surface area contributed by atoms with Crippen molar-refractivity contribution in [2.75, 3.05) is 12.4 Å². The Labute approximate surface area is 122 Å². The van der Waals surface area contributed by atoms with Crippen LogP contribution in [0.25, 0.3) is 0 Å². The van der Waals surface area contributed by atoms with E-state index in [1.807, 2.05) is 31.2 Å². The van der Waals surface area contributed by atoms with Crippen LogP contribution in [0, 0.1) is 13.8 Å². The van der Waals surface area contributed by atoms with Crippen LogP contribution in [0.5, 0.6) is 5.75 Å². The molecule has 0 bridgehead atoms. The molecule has 0 fully saturated rings. The average Bonchev–Trinajstić information content (AvgIpc) is 2.76. The van der Waals surface area contributed by atoms with Gasteiger partial charge in [0.05, 0.1) is 25.0 Å². The normalized spacial score (nSPS) is 11.4. The molecule has 106 valence electrons. The van der Waals surface area contributed by atoms with E-state index in [1.165, 1.54) is 4.88 Å². The van der Waals surface area contributed by atoms with Gasteiger partial charge in [-0.25, -0.2) is 9.98 Å². The summed E-state index contributed by atoms with van der Waals surface area (Å²) >= 11 is 1.64. The molecular weight excluding hydrogens is 272 g/mol. The lowest BCUT2D eigenvalue weighted by Gasteiger charge is -2.09. The van der Waals surface area contributed by atoms with Crippen molar-refractivity contribution in [1.82, 2.24) is 4.98 Å². The summed E-state index contributed by atoms with van der Waals surface area (Å²) in [7, 11) is 1.62. The van der Waals surface area contributed by atoms with Gasteiger partial charge in [-0.2, -0.15) is 0 Å². The number of hydrogen-bond acceptors (Lipinski definition) is 4. The molecule has 0 aliphatic carbocycles. The topological polar surface area (TPSA) is 72.5 Å². The van der Waals surface area contributed by atoms with Crippen LogP contribution in [0.15, 0.2) is 29.3 Å². The SMILES string of the molecule is COc1ccccc1NC(N)=NCc1nc(C)c(C)s1. The maximum absolute atomic E-state index is 5.88. The van der Waals surface area contributed by atoms with E-state index in [4.69, 9.17) is 10.5 Å². The molecule has 0 radical (unpaired) electrons. The zero-order valence-corrected chi connectivity index (χ0v) is 12.6. The number of nitrogens with one attached hydrogen (secondary N) is 1. The van der Waals surface area contributed by atoms with E-state index in [2.05, 4.69) is 22.2 Å². The zero-order valence-electron chi connectivity index (χ0n) is 11.8. The van der Waals surface area contributed by atoms with E-state index in [-0.39, 0.29) is 0 Å². The van der Waals surface area contributed by atoms with Crippen LogP contribution < -0.4 is 15.8 Å². The van der Waals surface area contributed by atoms with E-state index < -0.39 is 0 Å². The first-order valence-corrected chi connectivity index (χ1v) is 7.04. The summed E-state index contributed by atoms with van der Waals surface area (Å²) in [5, 5.41) is 4.00. The second kappa shape index (κ2) is 6.38. The highest BCUT2D eigenvalue weighted by Gasteiger charge is 2.04. The number of nitrogens with two attached hydrogens (primary N) is 1. The number of benzene rings is 1. The molecule has 0 saturated carbocycles. The summed E-state index contributed by atoms with van der Waals surface area (Å²) in [5.41, 5.74) is 7.73. The van der Waals surface area contributed by atoms with Crippen LogP contribution >= 0.6 is 11.3 Å². The Morgan fingerprint density at radius 3 is 2.80 bits per heavy atom. The van der Waals surface area contributed by atoms with Crippen molar-refractivity contribution in [3.8, 4) is 5.75 Å². The minimum atomic E-state index is 0.347. The van der Waals surface area contributed by atoms with Gasteiger partial charge >= 0.3 is 0 Å². The average molecular weight is 290 g/mol. The number of para-hydroxylation sites is 2. The molecular formula is C14H18N4OS.